The molecule has 0 unspecified atom stereocenters. The van der Waals surface area contributed by atoms with Crippen molar-refractivity contribution >= 4 is 222 Å². The van der Waals surface area contributed by atoms with Crippen molar-refractivity contribution < 1.29 is 144 Å². The number of rotatable bonds is 18. The minimum absolute atomic E-state index is 0. The number of hydrogen-bond acceptors (Lipinski definition) is 29. The first-order chi connectivity index (χ1) is 51.4. The zero-order chi connectivity index (χ0) is 77.2. The van der Waals surface area contributed by atoms with E-state index in [0.29, 0.717) is 23.0 Å². The molecular weight excluding hydrogens is 1960 g/mol. The van der Waals surface area contributed by atoms with E-state index in [4.69, 9.17) is 16.7 Å². The van der Waals surface area contributed by atoms with Crippen molar-refractivity contribution in [3.05, 3.63) is 207 Å². The van der Waals surface area contributed by atoms with Crippen LogP contribution < -0.4 is 126 Å². The van der Waals surface area contributed by atoms with Crippen LogP contribution in [0.2, 0.25) is 0 Å². The van der Waals surface area contributed by atoms with Crippen molar-refractivity contribution in [1.82, 2.24) is 24.9 Å². The van der Waals surface area contributed by atoms with Crippen LogP contribution in [0.3, 0.4) is 0 Å². The molecule has 15 rings (SSSR count). The second-order valence-corrected chi connectivity index (χ2v) is 37.1. The molecule has 0 aliphatic rings. The first kappa shape index (κ1) is 92.8. The second kappa shape index (κ2) is 40.9. The number of anilines is 5. The maximum Gasteiger partial charge on any atom is 1.00 e. The molecule has 0 spiro atoms. The number of phenols is 1. The third-order valence-electron chi connectivity index (χ3n) is 15.0. The molecule has 15 aromatic rings. The van der Waals surface area contributed by atoms with E-state index in [1.807, 2.05) is 138 Å². The van der Waals surface area contributed by atoms with E-state index in [9.17, 15) is 38.8 Å². The van der Waals surface area contributed by atoms with Crippen LogP contribution in [0.15, 0.2) is 200 Å². The maximum atomic E-state index is 11.2. The number of aromatic hydroxyl groups is 1. The van der Waals surface area contributed by atoms with Crippen LogP contribution in [0.25, 0.3) is 104 Å². The Hall–Kier alpha value is -6.40. The maximum absolute atomic E-state index is 11.2. The number of nitrogens with one attached hydrogen (secondary N) is 5. The van der Waals surface area contributed by atoms with E-state index in [-0.39, 0.29) is 94.3 Å². The number of phenolic OH excluding ortho intramolecular Hbond substituents is 1. The Labute approximate surface area is 756 Å². The largest absolute Gasteiger partial charge is 1.00 e. The van der Waals surface area contributed by atoms with Gasteiger partial charge in [0.25, 0.3) is 0 Å². The minimum atomic E-state index is -3.53. The molecule has 0 aliphatic heterocycles. The van der Waals surface area contributed by atoms with Gasteiger partial charge in [0.1, 0.15) is 53.8 Å². The molecule has 0 aliphatic carbocycles. The van der Waals surface area contributed by atoms with Crippen molar-refractivity contribution in [2.24, 2.45) is 0 Å². The summed E-state index contributed by atoms with van der Waals surface area (Å²) in [6.07, 6.45) is 4.11. The first-order valence-electron chi connectivity index (χ1n) is 32.0. The molecule has 0 amide bonds. The molecule has 38 heteroatoms. The zero-order valence-corrected chi connectivity index (χ0v) is 79.2. The van der Waals surface area contributed by atoms with Crippen LogP contribution in [0, 0.1) is 7.14 Å². The Morgan fingerprint density at radius 3 is 0.759 bits per heavy atom. The van der Waals surface area contributed by atoms with Crippen LogP contribution in [-0.4, -0.2) is 129 Å². The number of fused-ring (bicyclic) bond motifs is 5. The summed E-state index contributed by atoms with van der Waals surface area (Å²) in [5.41, 5.74) is 14.7. The standard InChI is InChI=1S/2C15H13IN2O3S2.2C15H14N2O3S2.C14H12N2OS.HI.2Na.H2O/c2*1-17-12-5-3-9(7-11(12)16)15-18-13-6-4-10(8-14(13)22-15)21-23(2,19)20;2*1-16-11-5-3-10(4-6-11)15-17-13-8-7-12(9-14(13)21-15)20-22(2,18)19;1-15-10-4-2-9(3-5-10)14-16-12-7-6-11(17)8-13(12)18-14;;;;/h2*3-8,17H,1-2H3;2*3-9,16H,1-2H3;2-8,15,17H,1H3;1H;;;1H2/q;;;;;;2*+1;/p-2/i2*16-2;;;;1-2;;;. The Morgan fingerprint density at radius 1 is 0.312 bits per heavy atom. The van der Waals surface area contributed by atoms with E-state index >= 15 is 0 Å². The SMILES string of the molecule is CNc1ccc(-c2nc3ccc(O)cc3s2)cc1.CNc1ccc(-c2nc3ccc(OS(C)(=O)=O)cc3s2)cc1.CNc1ccc(-c2nc3ccc(OS(C)(=O)=O)cc3s2)cc1.CNc1ccc(-c2nc3ccc(OS(C)(=O)=O)cc3s2)cc1[125I].CNc1ccc(-c2nc3ccc(OS(C)(=O)=O)cc3s2)cc1[125I].[125I-].[Na+].[Na+].[OH-]. The molecule has 0 bridgehead atoms. The molecule has 112 heavy (non-hydrogen) atoms. The first-order valence-corrected chi connectivity index (χ1v) is 45.5. The summed E-state index contributed by atoms with van der Waals surface area (Å²) in [7, 11) is -4.69. The van der Waals surface area contributed by atoms with Gasteiger partial charge < -0.3 is 77.9 Å². The van der Waals surface area contributed by atoms with Crippen molar-refractivity contribution in [2.45, 2.75) is 0 Å². The summed E-state index contributed by atoms with van der Waals surface area (Å²) in [6.45, 7) is 0. The minimum Gasteiger partial charge on any atom is -1.00 e. The predicted molar refractivity (Wildman–Crippen MR) is 464 cm³/mol. The van der Waals surface area contributed by atoms with E-state index in [0.717, 1.165) is 165 Å². The predicted octanol–water partition coefficient (Wildman–Crippen LogP) is 9.13. The van der Waals surface area contributed by atoms with Gasteiger partial charge in [-0.25, -0.2) is 24.9 Å². The smallest absolute Gasteiger partial charge is 1.00 e. The number of benzene rings is 10. The molecule has 10 aromatic carbocycles. The van der Waals surface area contributed by atoms with Gasteiger partial charge in [0, 0.05) is 123 Å². The molecular formula is C74H67I3N10Na2O14S9. The summed E-state index contributed by atoms with van der Waals surface area (Å²) in [5.74, 6) is 1.49. The summed E-state index contributed by atoms with van der Waals surface area (Å²) in [5, 5.41) is 29.5. The van der Waals surface area contributed by atoms with E-state index in [2.05, 4.69) is 109 Å². The number of thiazole rings is 5. The van der Waals surface area contributed by atoms with Gasteiger partial charge in [0.15, 0.2) is 0 Å². The molecule has 0 radical (unpaired) electrons. The average Bonchev–Trinajstić information content (AvgIpc) is 1.66. The molecule has 0 fully saturated rings. The molecule has 0 saturated heterocycles. The van der Waals surface area contributed by atoms with Gasteiger partial charge >= 0.3 is 99.6 Å². The monoisotopic (exact) mass is 2030 g/mol. The van der Waals surface area contributed by atoms with Gasteiger partial charge in [0.2, 0.25) is 0 Å². The van der Waals surface area contributed by atoms with Crippen molar-refractivity contribution in [3.8, 4) is 81.6 Å². The van der Waals surface area contributed by atoms with Crippen LogP contribution >= 0.6 is 102 Å². The molecule has 0 atom stereocenters. The van der Waals surface area contributed by atoms with Gasteiger partial charge in [-0.3, -0.25) is 0 Å². The summed E-state index contributed by atoms with van der Waals surface area (Å²) in [4.78, 5) is 22.9. The molecule has 5 aromatic heterocycles. The van der Waals surface area contributed by atoms with Gasteiger partial charge in [-0.05, 0) is 221 Å². The van der Waals surface area contributed by atoms with Crippen molar-refractivity contribution in [1.29, 1.82) is 0 Å². The fourth-order valence-electron chi connectivity index (χ4n) is 10.1. The van der Waals surface area contributed by atoms with Crippen molar-refractivity contribution in [3.63, 3.8) is 0 Å². The van der Waals surface area contributed by atoms with Gasteiger partial charge in [-0.15, -0.1) is 56.7 Å². The molecule has 5 heterocycles. The average molecular weight is 2030 g/mol. The van der Waals surface area contributed by atoms with E-state index < -0.39 is 40.5 Å². The Morgan fingerprint density at radius 2 is 0.536 bits per heavy atom. The molecule has 574 valence electrons. The normalized spacial score (nSPS) is 11.0. The van der Waals surface area contributed by atoms with Gasteiger partial charge in [-0.1, -0.05) is 0 Å². The van der Waals surface area contributed by atoms with Crippen LogP contribution in [0.1, 0.15) is 0 Å². The topological polar surface area (TPSA) is 348 Å². The third kappa shape index (κ3) is 26.1. The number of halogens is 3. The van der Waals surface area contributed by atoms with Crippen LogP contribution in [0.5, 0.6) is 28.7 Å². The molecule has 0 saturated carbocycles. The summed E-state index contributed by atoms with van der Waals surface area (Å²) in [6, 6.07) is 61.8. The Balaban J connectivity index is 0.000000193. The van der Waals surface area contributed by atoms with Crippen LogP contribution in [0.4, 0.5) is 28.4 Å². The van der Waals surface area contributed by atoms with Crippen molar-refractivity contribution in [2.75, 3.05) is 86.8 Å². The number of hydrogen-bond donors (Lipinski definition) is 6. The number of nitrogens with zero attached hydrogens (tertiary/aromatic N) is 5. The van der Waals surface area contributed by atoms with E-state index in [1.54, 1.807) is 96.3 Å². The second-order valence-electron chi connectivity index (χ2n) is 23.3. The quantitative estimate of drug-likeness (QED) is 0.0265. The van der Waals surface area contributed by atoms with Gasteiger partial charge in [-0.2, -0.15) is 33.7 Å². The molecule has 24 nitrogen and oxygen atoms in total. The number of aromatic nitrogens is 5. The summed E-state index contributed by atoms with van der Waals surface area (Å²) < 4.78 is 116. The Kier molecular flexibility index (Phi) is 33.9. The fraction of sp³-hybridized carbons (Fsp3) is 0.122. The summed E-state index contributed by atoms with van der Waals surface area (Å²) >= 11 is 12.1. The molecule has 7 N–H and O–H groups in total. The third-order valence-corrected chi connectivity index (χ3v) is 24.1. The fourth-order valence-corrected chi connectivity index (χ4v) is 18.5. The Bertz CT molecular complexity index is 5950. The van der Waals surface area contributed by atoms with E-state index in [1.165, 1.54) is 45.3 Å². The zero-order valence-electron chi connectivity index (χ0n) is 61.4. The van der Waals surface area contributed by atoms with Crippen LogP contribution in [-0.2, 0) is 40.5 Å². The van der Waals surface area contributed by atoms with Gasteiger partial charge in [0.05, 0.1) is 76.1 Å².